The molecule has 3 heteroatoms. The summed E-state index contributed by atoms with van der Waals surface area (Å²) in [6.07, 6.45) is 1.85. The van der Waals surface area contributed by atoms with Gasteiger partial charge in [0.05, 0.1) is 12.2 Å². The molecule has 0 aliphatic rings. The van der Waals surface area contributed by atoms with E-state index in [-0.39, 0.29) is 18.0 Å². The number of carbonyl (C=O) groups is 1. The van der Waals surface area contributed by atoms with Gasteiger partial charge in [-0.2, -0.15) is 5.26 Å². The van der Waals surface area contributed by atoms with Gasteiger partial charge in [0.15, 0.2) is 5.78 Å². The highest BCUT2D eigenvalue weighted by molar-refractivity contribution is 5.98. The van der Waals surface area contributed by atoms with Gasteiger partial charge in [0.2, 0.25) is 0 Å². The van der Waals surface area contributed by atoms with Crippen molar-refractivity contribution in [2.45, 2.75) is 27.2 Å². The average molecular weight is 181 g/mol. The van der Waals surface area contributed by atoms with Gasteiger partial charge in [-0.1, -0.05) is 26.8 Å². The fourth-order valence-corrected chi connectivity index (χ4v) is 0.802. The van der Waals surface area contributed by atoms with E-state index in [0.717, 1.165) is 0 Å². The standard InChI is InChI=1S/C10H15NO2/c1-4-9(13)8(6-11)5-10(2,3)7-12/h5,12H,4,7H2,1-3H3/b8-5+. The summed E-state index contributed by atoms with van der Waals surface area (Å²) in [6, 6.07) is 1.84. The van der Waals surface area contributed by atoms with Gasteiger partial charge in [-0.25, -0.2) is 0 Å². The summed E-state index contributed by atoms with van der Waals surface area (Å²) in [5.41, 5.74) is -0.364. The Balaban J connectivity index is 4.79. The van der Waals surface area contributed by atoms with Crippen molar-refractivity contribution >= 4 is 5.78 Å². The molecular formula is C10H15NO2. The first-order chi connectivity index (χ1) is 5.96. The van der Waals surface area contributed by atoms with Crippen LogP contribution < -0.4 is 0 Å². The first-order valence-corrected chi connectivity index (χ1v) is 4.24. The summed E-state index contributed by atoms with van der Waals surface area (Å²) < 4.78 is 0. The van der Waals surface area contributed by atoms with Crippen LogP contribution in [-0.4, -0.2) is 17.5 Å². The molecule has 0 heterocycles. The molecule has 0 bridgehead atoms. The predicted molar refractivity (Wildman–Crippen MR) is 49.9 cm³/mol. The highest BCUT2D eigenvalue weighted by Gasteiger charge is 2.17. The average Bonchev–Trinajstić information content (AvgIpc) is 2.13. The lowest BCUT2D eigenvalue weighted by molar-refractivity contribution is -0.114. The van der Waals surface area contributed by atoms with E-state index in [1.807, 2.05) is 6.07 Å². The van der Waals surface area contributed by atoms with Crippen LogP contribution in [0.4, 0.5) is 0 Å². The Morgan fingerprint density at radius 2 is 2.15 bits per heavy atom. The number of Topliss-reactive ketones (excluding diaryl/α,β-unsaturated/α-hetero) is 1. The molecule has 0 atom stereocenters. The van der Waals surface area contributed by atoms with Crippen molar-refractivity contribution in [2.75, 3.05) is 6.61 Å². The fraction of sp³-hybridized carbons (Fsp3) is 0.600. The Bertz CT molecular complexity index is 259. The first kappa shape index (κ1) is 11.9. The van der Waals surface area contributed by atoms with E-state index in [1.165, 1.54) is 6.08 Å². The zero-order valence-electron chi connectivity index (χ0n) is 8.29. The van der Waals surface area contributed by atoms with Crippen LogP contribution in [0.3, 0.4) is 0 Å². The summed E-state index contributed by atoms with van der Waals surface area (Å²) in [5, 5.41) is 17.6. The molecule has 0 saturated heterocycles. The molecule has 1 N–H and O–H groups in total. The molecule has 0 unspecified atom stereocenters. The minimum absolute atomic E-state index is 0.0742. The molecule has 0 fully saturated rings. The SMILES string of the molecule is CCC(=O)/C(C#N)=C/C(C)(C)CO. The molecule has 0 radical (unpaired) electrons. The monoisotopic (exact) mass is 181 g/mol. The smallest absolute Gasteiger partial charge is 0.172 e. The maximum absolute atomic E-state index is 11.2. The topological polar surface area (TPSA) is 61.1 Å². The molecule has 0 aliphatic heterocycles. The largest absolute Gasteiger partial charge is 0.395 e. The van der Waals surface area contributed by atoms with Gasteiger partial charge in [0.25, 0.3) is 0 Å². The van der Waals surface area contributed by atoms with E-state index in [4.69, 9.17) is 10.4 Å². The van der Waals surface area contributed by atoms with Crippen molar-refractivity contribution in [2.24, 2.45) is 5.41 Å². The maximum Gasteiger partial charge on any atom is 0.172 e. The predicted octanol–water partition coefficient (Wildman–Crippen LogP) is 1.43. The Hall–Kier alpha value is -1.14. The Labute approximate surface area is 78.7 Å². The maximum atomic E-state index is 11.2. The fourth-order valence-electron chi connectivity index (χ4n) is 0.802. The van der Waals surface area contributed by atoms with Crippen LogP contribution >= 0.6 is 0 Å². The van der Waals surface area contributed by atoms with Crippen LogP contribution in [0, 0.1) is 16.7 Å². The molecule has 0 spiro atoms. The summed E-state index contributed by atoms with van der Waals surface area (Å²) in [5.74, 6) is -0.177. The number of rotatable bonds is 4. The number of nitrogens with zero attached hydrogens (tertiary/aromatic N) is 1. The van der Waals surface area contributed by atoms with Crippen LogP contribution in [0.2, 0.25) is 0 Å². The molecule has 0 rings (SSSR count). The second-order valence-corrected chi connectivity index (χ2v) is 3.59. The number of hydrogen-bond acceptors (Lipinski definition) is 3. The third kappa shape index (κ3) is 3.86. The molecule has 0 amide bonds. The van der Waals surface area contributed by atoms with Crippen LogP contribution in [-0.2, 0) is 4.79 Å². The minimum atomic E-state index is -0.504. The van der Waals surface area contributed by atoms with E-state index in [1.54, 1.807) is 20.8 Å². The minimum Gasteiger partial charge on any atom is -0.395 e. The summed E-state index contributed by atoms with van der Waals surface area (Å²) in [6.45, 7) is 5.18. The third-order valence-electron chi connectivity index (χ3n) is 1.68. The number of allylic oxidation sites excluding steroid dienone is 1. The summed E-state index contributed by atoms with van der Waals surface area (Å²) >= 11 is 0. The summed E-state index contributed by atoms with van der Waals surface area (Å²) in [4.78, 5) is 11.2. The van der Waals surface area contributed by atoms with Gasteiger partial charge >= 0.3 is 0 Å². The van der Waals surface area contributed by atoms with E-state index in [0.29, 0.717) is 6.42 Å². The molecule has 0 aliphatic carbocycles. The molecule has 0 saturated carbocycles. The second-order valence-electron chi connectivity index (χ2n) is 3.59. The first-order valence-electron chi connectivity index (χ1n) is 4.24. The third-order valence-corrected chi connectivity index (χ3v) is 1.68. The normalized spacial score (nSPS) is 12.4. The van der Waals surface area contributed by atoms with Gasteiger partial charge in [0, 0.05) is 11.8 Å². The van der Waals surface area contributed by atoms with E-state index < -0.39 is 5.41 Å². The van der Waals surface area contributed by atoms with Crippen LogP contribution in [0.1, 0.15) is 27.2 Å². The number of nitriles is 1. The number of carbonyl (C=O) groups excluding carboxylic acids is 1. The van der Waals surface area contributed by atoms with Gasteiger partial charge in [-0.3, -0.25) is 4.79 Å². The highest BCUT2D eigenvalue weighted by atomic mass is 16.3. The van der Waals surface area contributed by atoms with Crippen molar-refractivity contribution in [3.63, 3.8) is 0 Å². The van der Waals surface area contributed by atoms with Gasteiger partial charge in [-0.05, 0) is 0 Å². The van der Waals surface area contributed by atoms with Crippen molar-refractivity contribution in [1.29, 1.82) is 5.26 Å². The molecule has 72 valence electrons. The zero-order valence-corrected chi connectivity index (χ0v) is 8.29. The van der Waals surface area contributed by atoms with Crippen molar-refractivity contribution < 1.29 is 9.90 Å². The van der Waals surface area contributed by atoms with E-state index in [9.17, 15) is 4.79 Å². The molecule has 0 aromatic heterocycles. The molecule has 13 heavy (non-hydrogen) atoms. The molecular weight excluding hydrogens is 166 g/mol. The lowest BCUT2D eigenvalue weighted by Crippen LogP contribution is -2.15. The number of aliphatic hydroxyl groups excluding tert-OH is 1. The van der Waals surface area contributed by atoms with Gasteiger partial charge in [-0.15, -0.1) is 0 Å². The van der Waals surface area contributed by atoms with Gasteiger partial charge < -0.3 is 5.11 Å². The van der Waals surface area contributed by atoms with Crippen molar-refractivity contribution in [1.82, 2.24) is 0 Å². The molecule has 3 nitrogen and oxygen atoms in total. The van der Waals surface area contributed by atoms with Crippen LogP contribution in [0.15, 0.2) is 11.6 Å². The lowest BCUT2D eigenvalue weighted by atomic mass is 9.91. The Kier molecular flexibility index (Phi) is 4.36. The van der Waals surface area contributed by atoms with Crippen LogP contribution in [0.5, 0.6) is 0 Å². The van der Waals surface area contributed by atoms with E-state index >= 15 is 0 Å². The summed E-state index contributed by atoms with van der Waals surface area (Å²) in [7, 11) is 0. The van der Waals surface area contributed by atoms with Crippen molar-refractivity contribution in [3.05, 3.63) is 11.6 Å². The zero-order chi connectivity index (χ0) is 10.5. The number of hydrogen-bond donors (Lipinski definition) is 1. The lowest BCUT2D eigenvalue weighted by Gasteiger charge is -2.16. The quantitative estimate of drug-likeness (QED) is 0.527. The van der Waals surface area contributed by atoms with Crippen molar-refractivity contribution in [3.8, 4) is 6.07 Å². The Morgan fingerprint density at radius 1 is 1.62 bits per heavy atom. The number of ketones is 1. The van der Waals surface area contributed by atoms with Crippen LogP contribution in [0.25, 0.3) is 0 Å². The highest BCUT2D eigenvalue weighted by Crippen LogP contribution is 2.18. The molecule has 0 aromatic carbocycles. The second kappa shape index (κ2) is 4.78. The van der Waals surface area contributed by atoms with E-state index in [2.05, 4.69) is 0 Å². The van der Waals surface area contributed by atoms with Gasteiger partial charge in [0.1, 0.15) is 6.07 Å². The molecule has 0 aromatic rings. The Morgan fingerprint density at radius 3 is 2.46 bits per heavy atom. The number of aliphatic hydroxyl groups is 1.